The lowest BCUT2D eigenvalue weighted by molar-refractivity contribution is -0.138. The molecule has 0 aliphatic carbocycles. The van der Waals surface area contributed by atoms with Crippen molar-refractivity contribution < 1.29 is 28.6 Å². The van der Waals surface area contributed by atoms with Gasteiger partial charge in [0.05, 0.1) is 17.8 Å². The SMILES string of the molecule is CC(C)C(=O)Oc1nc(OC(=O)C(C)C)nc(OC(=O)C(C)C)n1. The summed E-state index contributed by atoms with van der Waals surface area (Å²) in [6.07, 6.45) is 0. The first-order valence-corrected chi connectivity index (χ1v) is 7.51. The lowest BCUT2D eigenvalue weighted by Crippen LogP contribution is -2.21. The van der Waals surface area contributed by atoms with Crippen LogP contribution >= 0.6 is 0 Å². The van der Waals surface area contributed by atoms with Gasteiger partial charge in [-0.05, 0) is 0 Å². The summed E-state index contributed by atoms with van der Waals surface area (Å²) >= 11 is 0. The van der Waals surface area contributed by atoms with Crippen LogP contribution in [0.4, 0.5) is 0 Å². The topological polar surface area (TPSA) is 118 Å². The Morgan fingerprint density at radius 3 is 0.958 bits per heavy atom. The molecule has 0 aliphatic rings. The van der Waals surface area contributed by atoms with Crippen molar-refractivity contribution in [3.8, 4) is 18.0 Å². The monoisotopic (exact) mass is 339 g/mol. The van der Waals surface area contributed by atoms with Crippen LogP contribution < -0.4 is 14.2 Å². The molecule has 0 atom stereocenters. The lowest BCUT2D eigenvalue weighted by Gasteiger charge is -2.10. The highest BCUT2D eigenvalue weighted by Crippen LogP contribution is 2.17. The van der Waals surface area contributed by atoms with Gasteiger partial charge in [-0.2, -0.15) is 0 Å². The molecule has 0 bridgehead atoms. The summed E-state index contributed by atoms with van der Waals surface area (Å²) in [6, 6.07) is -1.24. The van der Waals surface area contributed by atoms with E-state index in [0.717, 1.165) is 0 Å². The van der Waals surface area contributed by atoms with E-state index in [1.54, 1.807) is 41.5 Å². The van der Waals surface area contributed by atoms with Gasteiger partial charge < -0.3 is 14.2 Å². The molecule has 1 aromatic rings. The van der Waals surface area contributed by atoms with Crippen LogP contribution in [0.5, 0.6) is 18.0 Å². The second-order valence-corrected chi connectivity index (χ2v) is 5.91. The number of rotatable bonds is 6. The van der Waals surface area contributed by atoms with Crippen molar-refractivity contribution >= 4 is 17.9 Å². The first kappa shape index (κ1) is 19.5. The summed E-state index contributed by atoms with van der Waals surface area (Å²) in [5.74, 6) is -3.06. The van der Waals surface area contributed by atoms with Crippen molar-refractivity contribution in [2.24, 2.45) is 17.8 Å². The molecular formula is C15H21N3O6. The molecule has 1 heterocycles. The first-order valence-electron chi connectivity index (χ1n) is 7.51. The summed E-state index contributed by atoms with van der Waals surface area (Å²) < 4.78 is 14.9. The first-order chi connectivity index (χ1) is 11.1. The summed E-state index contributed by atoms with van der Waals surface area (Å²) in [6.45, 7) is 9.77. The second kappa shape index (κ2) is 8.32. The van der Waals surface area contributed by atoms with Crippen molar-refractivity contribution in [2.75, 3.05) is 0 Å². The molecule has 0 amide bonds. The van der Waals surface area contributed by atoms with Gasteiger partial charge in [0.2, 0.25) is 0 Å². The number of hydrogen-bond acceptors (Lipinski definition) is 9. The van der Waals surface area contributed by atoms with Crippen LogP contribution in [0.15, 0.2) is 0 Å². The Kier molecular flexibility index (Phi) is 6.75. The zero-order valence-corrected chi connectivity index (χ0v) is 14.5. The van der Waals surface area contributed by atoms with Crippen molar-refractivity contribution in [2.45, 2.75) is 41.5 Å². The predicted octanol–water partition coefficient (Wildman–Crippen LogP) is 1.56. The number of hydrogen-bond donors (Lipinski definition) is 0. The molecule has 0 aliphatic heterocycles. The summed E-state index contributed by atoms with van der Waals surface area (Å²) in [4.78, 5) is 46.2. The van der Waals surface area contributed by atoms with Crippen LogP contribution in [0, 0.1) is 17.8 Å². The molecule has 0 spiro atoms. The Labute approximate surface area is 139 Å². The fourth-order valence-electron chi connectivity index (χ4n) is 1.08. The third-order valence-electron chi connectivity index (χ3n) is 2.56. The highest BCUT2D eigenvalue weighted by molar-refractivity contribution is 5.75. The average molecular weight is 339 g/mol. The van der Waals surface area contributed by atoms with Gasteiger partial charge in [0, 0.05) is 0 Å². The standard InChI is InChI=1S/C15H21N3O6/c1-7(2)10(19)22-13-16-14(23-11(20)8(3)4)18-15(17-13)24-12(21)9(5)6/h7-9H,1-6H3. The van der Waals surface area contributed by atoms with Gasteiger partial charge >= 0.3 is 35.9 Å². The Bertz CT molecular complexity index is 530. The van der Waals surface area contributed by atoms with Gasteiger partial charge in [-0.1, -0.05) is 41.5 Å². The molecule has 0 unspecified atom stereocenters. The summed E-state index contributed by atoms with van der Waals surface area (Å²) in [5, 5.41) is 0. The van der Waals surface area contributed by atoms with Crippen LogP contribution in [0.3, 0.4) is 0 Å². The van der Waals surface area contributed by atoms with E-state index < -0.39 is 53.7 Å². The summed E-state index contributed by atoms with van der Waals surface area (Å²) in [7, 11) is 0. The van der Waals surface area contributed by atoms with Crippen molar-refractivity contribution in [3.05, 3.63) is 0 Å². The zero-order chi connectivity index (χ0) is 18.4. The molecule has 0 saturated heterocycles. The van der Waals surface area contributed by atoms with E-state index in [1.807, 2.05) is 0 Å². The normalized spacial score (nSPS) is 10.9. The number of carbonyl (C=O) groups excluding carboxylic acids is 3. The van der Waals surface area contributed by atoms with Crippen LogP contribution in [0.25, 0.3) is 0 Å². The van der Waals surface area contributed by atoms with Crippen LogP contribution in [0.1, 0.15) is 41.5 Å². The van der Waals surface area contributed by atoms with Gasteiger partial charge in [0.1, 0.15) is 0 Å². The van der Waals surface area contributed by atoms with E-state index in [4.69, 9.17) is 14.2 Å². The van der Waals surface area contributed by atoms with E-state index in [-0.39, 0.29) is 0 Å². The Balaban J connectivity index is 3.11. The molecule has 0 N–H and O–H groups in total. The smallest absolute Gasteiger partial charge is 0.333 e. The highest BCUT2D eigenvalue weighted by atomic mass is 16.6. The highest BCUT2D eigenvalue weighted by Gasteiger charge is 2.20. The Morgan fingerprint density at radius 1 is 0.583 bits per heavy atom. The third-order valence-corrected chi connectivity index (χ3v) is 2.56. The molecule has 132 valence electrons. The fourth-order valence-corrected chi connectivity index (χ4v) is 1.08. The molecule has 1 aromatic heterocycles. The zero-order valence-electron chi connectivity index (χ0n) is 14.5. The van der Waals surface area contributed by atoms with Crippen LogP contribution in [-0.4, -0.2) is 32.9 Å². The molecule has 0 aromatic carbocycles. The molecule has 0 radical (unpaired) electrons. The van der Waals surface area contributed by atoms with Crippen molar-refractivity contribution in [3.63, 3.8) is 0 Å². The minimum atomic E-state index is -0.594. The van der Waals surface area contributed by atoms with E-state index in [1.165, 1.54) is 0 Å². The number of esters is 3. The largest absolute Gasteiger partial charge is 0.390 e. The Hall–Kier alpha value is -2.58. The fraction of sp³-hybridized carbons (Fsp3) is 0.600. The molecule has 9 heteroatoms. The minimum Gasteiger partial charge on any atom is -0.390 e. The number of carbonyl (C=O) groups is 3. The van der Waals surface area contributed by atoms with Crippen LogP contribution in [-0.2, 0) is 14.4 Å². The van der Waals surface area contributed by atoms with Gasteiger partial charge in [0.25, 0.3) is 0 Å². The van der Waals surface area contributed by atoms with Crippen LogP contribution in [0.2, 0.25) is 0 Å². The second-order valence-electron chi connectivity index (χ2n) is 5.91. The molecule has 9 nitrogen and oxygen atoms in total. The number of aromatic nitrogens is 3. The predicted molar refractivity (Wildman–Crippen MR) is 81.2 cm³/mol. The molecule has 1 rings (SSSR count). The van der Waals surface area contributed by atoms with Gasteiger partial charge in [-0.3, -0.25) is 14.4 Å². The maximum Gasteiger partial charge on any atom is 0.333 e. The van der Waals surface area contributed by atoms with E-state index >= 15 is 0 Å². The van der Waals surface area contributed by atoms with Gasteiger partial charge in [0.15, 0.2) is 0 Å². The molecular weight excluding hydrogens is 318 g/mol. The number of nitrogens with zero attached hydrogens (tertiary/aromatic N) is 3. The maximum atomic E-state index is 11.7. The third kappa shape index (κ3) is 5.90. The Morgan fingerprint density at radius 2 is 0.792 bits per heavy atom. The van der Waals surface area contributed by atoms with Gasteiger partial charge in [-0.25, -0.2) is 0 Å². The molecule has 0 fully saturated rings. The summed E-state index contributed by atoms with van der Waals surface area (Å²) in [5.41, 5.74) is 0. The number of ether oxygens (including phenoxy) is 3. The van der Waals surface area contributed by atoms with E-state index in [0.29, 0.717) is 0 Å². The average Bonchev–Trinajstić information content (AvgIpc) is 2.46. The lowest BCUT2D eigenvalue weighted by atomic mass is 10.2. The van der Waals surface area contributed by atoms with Gasteiger partial charge in [-0.15, -0.1) is 15.0 Å². The maximum absolute atomic E-state index is 11.7. The van der Waals surface area contributed by atoms with E-state index in [9.17, 15) is 14.4 Å². The minimum absolute atomic E-state index is 0.415. The quantitative estimate of drug-likeness (QED) is 0.711. The van der Waals surface area contributed by atoms with E-state index in [2.05, 4.69) is 15.0 Å². The van der Waals surface area contributed by atoms with Crippen molar-refractivity contribution in [1.29, 1.82) is 0 Å². The van der Waals surface area contributed by atoms with Crippen molar-refractivity contribution in [1.82, 2.24) is 15.0 Å². The molecule has 0 saturated carbocycles. The molecule has 24 heavy (non-hydrogen) atoms.